The molecule has 0 radical (unpaired) electrons. The fraction of sp³-hybridized carbons (Fsp3) is 0.474. The van der Waals surface area contributed by atoms with Crippen molar-refractivity contribution < 1.29 is 9.53 Å². The summed E-state index contributed by atoms with van der Waals surface area (Å²) in [4.78, 5) is 20.1. The predicted molar refractivity (Wildman–Crippen MR) is 106 cm³/mol. The summed E-state index contributed by atoms with van der Waals surface area (Å²) in [5.74, 6) is 2.41. The lowest BCUT2D eigenvalue weighted by Gasteiger charge is -2.19. The number of aromatic nitrogens is 1. The molecular formula is C19H24ClN3O2S. The Morgan fingerprint density at radius 2 is 1.85 bits per heavy atom. The van der Waals surface area contributed by atoms with Crippen molar-refractivity contribution >= 4 is 29.7 Å². The number of methoxy groups -OCH3 is 1. The molecule has 2 atom stereocenters. The van der Waals surface area contributed by atoms with Crippen LogP contribution < -0.4 is 10.1 Å². The van der Waals surface area contributed by atoms with Crippen molar-refractivity contribution in [1.82, 2.24) is 15.2 Å². The van der Waals surface area contributed by atoms with Gasteiger partial charge in [-0.25, -0.2) is 4.98 Å². The molecule has 2 saturated heterocycles. The molecule has 2 aliphatic heterocycles. The summed E-state index contributed by atoms with van der Waals surface area (Å²) >= 11 is 1.47. The molecule has 1 aromatic heterocycles. The highest BCUT2D eigenvalue weighted by Gasteiger charge is 2.32. The second-order valence-corrected chi connectivity index (χ2v) is 7.84. The highest BCUT2D eigenvalue weighted by atomic mass is 35.5. The van der Waals surface area contributed by atoms with Crippen LogP contribution in [0.2, 0.25) is 0 Å². The average molecular weight is 394 g/mol. The highest BCUT2D eigenvalue weighted by Crippen LogP contribution is 2.30. The monoisotopic (exact) mass is 393 g/mol. The average Bonchev–Trinajstić information content (AvgIpc) is 3.27. The Bertz CT molecular complexity index is 735. The van der Waals surface area contributed by atoms with Crippen LogP contribution in [0.15, 0.2) is 30.5 Å². The number of nitrogens with zero attached hydrogens (tertiary/aromatic N) is 2. The Balaban J connectivity index is 0.00000196. The van der Waals surface area contributed by atoms with Crippen LogP contribution in [-0.4, -0.2) is 49.1 Å². The van der Waals surface area contributed by atoms with Crippen molar-refractivity contribution in [3.8, 4) is 16.3 Å². The van der Waals surface area contributed by atoms with Crippen LogP contribution in [0.25, 0.3) is 10.6 Å². The molecule has 4 rings (SSSR count). The van der Waals surface area contributed by atoms with E-state index >= 15 is 0 Å². The minimum Gasteiger partial charge on any atom is -0.497 e. The number of halogens is 1. The van der Waals surface area contributed by atoms with E-state index in [1.807, 2.05) is 29.2 Å². The number of carbonyl (C=O) groups excluding carboxylic acids is 1. The number of rotatable bonds is 3. The van der Waals surface area contributed by atoms with E-state index in [0.29, 0.717) is 0 Å². The molecule has 0 spiro atoms. The number of likely N-dealkylation sites (tertiary alicyclic amines) is 1. The standard InChI is InChI=1S/C19H23N3O2S.ClH/c1-24-16-4-2-13(3-5-16)18-21-12-17(25-18)19(23)22-8-6-14-10-20-11-15(14)7-9-22;/h2-5,12,14-15,20H,6-11H2,1H3;1H/t14-,15+;. The first-order chi connectivity index (χ1) is 12.2. The minimum absolute atomic E-state index is 0. The molecule has 0 saturated carbocycles. The Morgan fingerprint density at radius 1 is 1.19 bits per heavy atom. The maximum absolute atomic E-state index is 12.9. The number of amides is 1. The molecule has 5 nitrogen and oxygen atoms in total. The minimum atomic E-state index is 0. The van der Waals surface area contributed by atoms with Gasteiger partial charge in [0.2, 0.25) is 0 Å². The summed E-state index contributed by atoms with van der Waals surface area (Å²) in [5.41, 5.74) is 1.02. The summed E-state index contributed by atoms with van der Waals surface area (Å²) in [6, 6.07) is 7.79. The summed E-state index contributed by atoms with van der Waals surface area (Å²) in [7, 11) is 1.65. The number of carbonyl (C=O) groups is 1. The summed E-state index contributed by atoms with van der Waals surface area (Å²) in [6.45, 7) is 3.93. The zero-order chi connectivity index (χ0) is 17.2. The molecular weight excluding hydrogens is 370 g/mol. The van der Waals surface area contributed by atoms with Gasteiger partial charge in [0.15, 0.2) is 0 Å². The first kappa shape index (κ1) is 19.1. The topological polar surface area (TPSA) is 54.5 Å². The molecule has 140 valence electrons. The maximum Gasteiger partial charge on any atom is 0.265 e. The lowest BCUT2D eigenvalue weighted by Crippen LogP contribution is -2.32. The number of hydrogen-bond acceptors (Lipinski definition) is 5. The van der Waals surface area contributed by atoms with Crippen LogP contribution in [0.5, 0.6) is 5.75 Å². The Labute approximate surface area is 164 Å². The van der Waals surface area contributed by atoms with E-state index in [1.54, 1.807) is 13.3 Å². The predicted octanol–water partition coefficient (Wildman–Crippen LogP) is 3.31. The lowest BCUT2D eigenvalue weighted by molar-refractivity contribution is 0.0763. The van der Waals surface area contributed by atoms with Gasteiger partial charge in [0.1, 0.15) is 15.6 Å². The summed E-state index contributed by atoms with van der Waals surface area (Å²) < 4.78 is 5.19. The van der Waals surface area contributed by atoms with Crippen molar-refractivity contribution in [2.75, 3.05) is 33.3 Å². The second kappa shape index (κ2) is 8.37. The molecule has 1 N–H and O–H groups in total. The van der Waals surface area contributed by atoms with Crippen molar-refractivity contribution in [2.24, 2.45) is 11.8 Å². The molecule has 0 unspecified atom stereocenters. The molecule has 1 amide bonds. The highest BCUT2D eigenvalue weighted by molar-refractivity contribution is 7.16. The van der Waals surface area contributed by atoms with Gasteiger partial charge in [-0.1, -0.05) is 0 Å². The van der Waals surface area contributed by atoms with Crippen LogP contribution in [0.3, 0.4) is 0 Å². The largest absolute Gasteiger partial charge is 0.497 e. The van der Waals surface area contributed by atoms with Gasteiger partial charge in [0.05, 0.1) is 13.3 Å². The number of benzene rings is 1. The number of nitrogens with one attached hydrogen (secondary N) is 1. The van der Waals surface area contributed by atoms with E-state index in [4.69, 9.17) is 4.74 Å². The van der Waals surface area contributed by atoms with E-state index in [1.165, 1.54) is 11.3 Å². The van der Waals surface area contributed by atoms with Gasteiger partial charge in [-0.05, 0) is 62.0 Å². The Hall–Kier alpha value is -1.63. The molecule has 3 heterocycles. The van der Waals surface area contributed by atoms with Crippen molar-refractivity contribution in [3.63, 3.8) is 0 Å². The molecule has 1 aromatic carbocycles. The molecule has 2 fully saturated rings. The third-order valence-electron chi connectivity index (χ3n) is 5.36. The van der Waals surface area contributed by atoms with Crippen LogP contribution in [-0.2, 0) is 0 Å². The van der Waals surface area contributed by atoms with Gasteiger partial charge in [-0.15, -0.1) is 23.7 Å². The van der Waals surface area contributed by atoms with E-state index in [2.05, 4.69) is 10.3 Å². The van der Waals surface area contributed by atoms with Crippen LogP contribution in [0.4, 0.5) is 0 Å². The van der Waals surface area contributed by atoms with Crippen LogP contribution in [0, 0.1) is 11.8 Å². The molecule has 26 heavy (non-hydrogen) atoms. The second-order valence-electron chi connectivity index (χ2n) is 6.81. The molecule has 7 heteroatoms. The normalized spacial score (nSPS) is 22.3. The number of thiazole rings is 1. The quantitative estimate of drug-likeness (QED) is 0.869. The van der Waals surface area contributed by atoms with Crippen molar-refractivity contribution in [3.05, 3.63) is 35.3 Å². The lowest BCUT2D eigenvalue weighted by atomic mass is 9.92. The fourth-order valence-corrected chi connectivity index (χ4v) is 4.71. The van der Waals surface area contributed by atoms with E-state index < -0.39 is 0 Å². The van der Waals surface area contributed by atoms with Gasteiger partial charge < -0.3 is 15.0 Å². The van der Waals surface area contributed by atoms with Crippen molar-refractivity contribution in [2.45, 2.75) is 12.8 Å². The van der Waals surface area contributed by atoms with Crippen molar-refractivity contribution in [1.29, 1.82) is 0 Å². The fourth-order valence-electron chi connectivity index (χ4n) is 3.82. The van der Waals surface area contributed by atoms with Crippen LogP contribution >= 0.6 is 23.7 Å². The summed E-state index contributed by atoms with van der Waals surface area (Å²) in [6.07, 6.45) is 3.93. The van der Waals surface area contributed by atoms with Gasteiger partial charge in [0, 0.05) is 18.7 Å². The van der Waals surface area contributed by atoms with Gasteiger partial charge in [-0.2, -0.15) is 0 Å². The molecule has 2 aliphatic rings. The zero-order valence-corrected chi connectivity index (χ0v) is 16.4. The zero-order valence-electron chi connectivity index (χ0n) is 14.8. The van der Waals surface area contributed by atoms with Gasteiger partial charge in [0.25, 0.3) is 5.91 Å². The first-order valence-corrected chi connectivity index (χ1v) is 9.66. The smallest absolute Gasteiger partial charge is 0.265 e. The molecule has 0 aliphatic carbocycles. The first-order valence-electron chi connectivity index (χ1n) is 8.85. The van der Waals surface area contributed by atoms with Gasteiger partial charge in [-0.3, -0.25) is 4.79 Å². The van der Waals surface area contributed by atoms with E-state index in [9.17, 15) is 4.79 Å². The number of hydrogen-bond donors (Lipinski definition) is 1. The van der Waals surface area contributed by atoms with E-state index in [-0.39, 0.29) is 18.3 Å². The van der Waals surface area contributed by atoms with E-state index in [0.717, 1.165) is 72.1 Å². The summed E-state index contributed by atoms with van der Waals surface area (Å²) in [5, 5.41) is 4.35. The SMILES string of the molecule is COc1ccc(-c2ncc(C(=O)N3CC[C@@H]4CNC[C@@H]4CC3)s2)cc1.Cl. The Kier molecular flexibility index (Phi) is 6.16. The molecule has 2 aromatic rings. The van der Waals surface area contributed by atoms with Crippen LogP contribution in [0.1, 0.15) is 22.5 Å². The number of fused-ring (bicyclic) bond motifs is 1. The maximum atomic E-state index is 12.9. The third kappa shape index (κ3) is 3.87. The Morgan fingerprint density at radius 3 is 2.46 bits per heavy atom. The number of ether oxygens (including phenoxy) is 1. The third-order valence-corrected chi connectivity index (χ3v) is 6.39. The molecule has 0 bridgehead atoms. The van der Waals surface area contributed by atoms with Gasteiger partial charge >= 0.3 is 0 Å².